The van der Waals surface area contributed by atoms with Gasteiger partial charge in [0.1, 0.15) is 0 Å². The molecular weight excluding hydrogens is 251 g/mol. The SMILES string of the molecule is C[C@@H]1CCCC(=O)[C@H]1[Se]c1ccccc1. The van der Waals surface area contributed by atoms with Crippen molar-refractivity contribution in [2.24, 2.45) is 5.92 Å². The number of hydrogen-bond donors (Lipinski definition) is 0. The summed E-state index contributed by atoms with van der Waals surface area (Å²) in [7, 11) is 0. The molecule has 1 aromatic rings. The van der Waals surface area contributed by atoms with Crippen LogP contribution < -0.4 is 4.46 Å². The van der Waals surface area contributed by atoms with E-state index in [0.717, 1.165) is 12.8 Å². The van der Waals surface area contributed by atoms with Crippen molar-refractivity contribution in [2.45, 2.75) is 31.0 Å². The molecule has 2 atom stereocenters. The third-order valence-electron chi connectivity index (χ3n) is 2.92. The zero-order valence-corrected chi connectivity index (χ0v) is 10.7. The van der Waals surface area contributed by atoms with Crippen molar-refractivity contribution in [3.8, 4) is 0 Å². The van der Waals surface area contributed by atoms with Gasteiger partial charge < -0.3 is 0 Å². The van der Waals surface area contributed by atoms with Crippen LogP contribution in [0.15, 0.2) is 30.3 Å². The number of benzene rings is 1. The predicted octanol–water partition coefficient (Wildman–Crippen LogP) is 2.19. The second kappa shape index (κ2) is 4.96. The van der Waals surface area contributed by atoms with Gasteiger partial charge in [-0.05, 0) is 0 Å². The molecule has 2 rings (SSSR count). The number of rotatable bonds is 2. The molecule has 1 aromatic carbocycles. The van der Waals surface area contributed by atoms with E-state index in [2.05, 4.69) is 31.2 Å². The van der Waals surface area contributed by atoms with Crippen molar-refractivity contribution in [3.63, 3.8) is 0 Å². The van der Waals surface area contributed by atoms with E-state index in [1.165, 1.54) is 10.9 Å². The molecule has 1 fully saturated rings. The van der Waals surface area contributed by atoms with Gasteiger partial charge in [0.25, 0.3) is 0 Å². The summed E-state index contributed by atoms with van der Waals surface area (Å²) >= 11 is 0.332. The Balaban J connectivity index is 2.07. The summed E-state index contributed by atoms with van der Waals surface area (Å²) in [5, 5.41) is 0. The Morgan fingerprint density at radius 3 is 2.67 bits per heavy atom. The number of Topliss-reactive ketones (excluding diaryl/α,β-unsaturated/α-hetero) is 1. The zero-order valence-electron chi connectivity index (χ0n) is 8.98. The van der Waals surface area contributed by atoms with Crippen LogP contribution in [-0.2, 0) is 4.79 Å². The van der Waals surface area contributed by atoms with Crippen LogP contribution >= 0.6 is 0 Å². The summed E-state index contributed by atoms with van der Waals surface area (Å²) in [6.07, 6.45) is 3.13. The van der Waals surface area contributed by atoms with Crippen LogP contribution in [-0.4, -0.2) is 20.7 Å². The van der Waals surface area contributed by atoms with Gasteiger partial charge in [0.05, 0.1) is 0 Å². The molecule has 0 radical (unpaired) electrons. The molecule has 80 valence electrons. The van der Waals surface area contributed by atoms with Crippen molar-refractivity contribution >= 4 is 25.2 Å². The molecule has 1 aliphatic rings. The third kappa shape index (κ3) is 2.70. The second-order valence-corrected chi connectivity index (χ2v) is 6.74. The van der Waals surface area contributed by atoms with Gasteiger partial charge in [-0.15, -0.1) is 0 Å². The van der Waals surface area contributed by atoms with Crippen LogP contribution in [0.5, 0.6) is 0 Å². The average Bonchev–Trinajstić information content (AvgIpc) is 2.25. The van der Waals surface area contributed by atoms with E-state index in [1.54, 1.807) is 0 Å². The topological polar surface area (TPSA) is 17.1 Å². The van der Waals surface area contributed by atoms with Gasteiger partial charge in [-0.2, -0.15) is 0 Å². The molecule has 0 aromatic heterocycles. The Morgan fingerprint density at radius 2 is 2.00 bits per heavy atom. The monoisotopic (exact) mass is 268 g/mol. The van der Waals surface area contributed by atoms with Crippen molar-refractivity contribution < 1.29 is 4.79 Å². The van der Waals surface area contributed by atoms with E-state index in [4.69, 9.17) is 0 Å². The Kier molecular flexibility index (Phi) is 3.61. The average molecular weight is 267 g/mol. The molecule has 1 nitrogen and oxygen atoms in total. The van der Waals surface area contributed by atoms with E-state index in [9.17, 15) is 4.79 Å². The van der Waals surface area contributed by atoms with Crippen molar-refractivity contribution in [2.75, 3.05) is 0 Å². The van der Waals surface area contributed by atoms with Gasteiger partial charge in [0.15, 0.2) is 0 Å². The second-order valence-electron chi connectivity index (χ2n) is 4.19. The van der Waals surface area contributed by atoms with Crippen LogP contribution in [0.25, 0.3) is 0 Å². The number of ketones is 1. The summed E-state index contributed by atoms with van der Waals surface area (Å²) in [6.45, 7) is 2.23. The van der Waals surface area contributed by atoms with Crippen LogP contribution in [0, 0.1) is 5.92 Å². The Labute approximate surface area is 97.4 Å². The molecular formula is C13H16OSe. The number of carbonyl (C=O) groups excluding carboxylic acids is 1. The van der Waals surface area contributed by atoms with Crippen molar-refractivity contribution in [1.82, 2.24) is 0 Å². The minimum atomic E-state index is 0.327. The van der Waals surface area contributed by atoms with Crippen molar-refractivity contribution in [1.29, 1.82) is 0 Å². The van der Waals surface area contributed by atoms with E-state index < -0.39 is 0 Å². The quantitative estimate of drug-likeness (QED) is 0.751. The molecule has 0 unspecified atom stereocenters. The summed E-state index contributed by atoms with van der Waals surface area (Å²) < 4.78 is 1.36. The van der Waals surface area contributed by atoms with E-state index >= 15 is 0 Å². The first kappa shape index (κ1) is 10.9. The molecule has 0 aliphatic heterocycles. The zero-order chi connectivity index (χ0) is 10.7. The summed E-state index contributed by atoms with van der Waals surface area (Å²) in [5.41, 5.74) is 0. The molecule has 0 bridgehead atoms. The van der Waals surface area contributed by atoms with Gasteiger partial charge in [-0.3, -0.25) is 0 Å². The summed E-state index contributed by atoms with van der Waals surface area (Å²) in [6, 6.07) is 10.5. The maximum atomic E-state index is 11.8. The molecule has 15 heavy (non-hydrogen) atoms. The molecule has 0 saturated heterocycles. The maximum absolute atomic E-state index is 11.8. The summed E-state index contributed by atoms with van der Waals surface area (Å²) in [4.78, 5) is 12.2. The molecule has 0 heterocycles. The first-order valence-electron chi connectivity index (χ1n) is 5.52. The molecule has 1 aliphatic carbocycles. The Bertz CT molecular complexity index is 334. The molecule has 0 N–H and O–H groups in total. The standard InChI is InChI=1S/C13H16OSe/c1-10-6-5-9-12(14)13(10)15-11-7-3-2-4-8-11/h2-4,7-8,10,13H,5-6,9H2,1H3/t10-,13+/m1/s1. The third-order valence-corrected chi connectivity index (χ3v) is 6.12. The minimum absolute atomic E-state index is 0.327. The van der Waals surface area contributed by atoms with Gasteiger partial charge in [0.2, 0.25) is 0 Å². The van der Waals surface area contributed by atoms with Crippen LogP contribution in [0.4, 0.5) is 0 Å². The fraction of sp³-hybridized carbons (Fsp3) is 0.462. The van der Waals surface area contributed by atoms with Gasteiger partial charge >= 0.3 is 97.2 Å². The van der Waals surface area contributed by atoms with E-state index in [0.29, 0.717) is 31.5 Å². The van der Waals surface area contributed by atoms with Crippen molar-refractivity contribution in [3.05, 3.63) is 30.3 Å². The Morgan fingerprint density at radius 1 is 1.27 bits per heavy atom. The first-order chi connectivity index (χ1) is 7.27. The predicted molar refractivity (Wildman–Crippen MR) is 63.6 cm³/mol. The summed E-state index contributed by atoms with van der Waals surface area (Å²) in [5.74, 6) is 1.09. The fourth-order valence-electron chi connectivity index (χ4n) is 2.04. The molecule has 2 heteroatoms. The fourth-order valence-corrected chi connectivity index (χ4v) is 4.61. The van der Waals surface area contributed by atoms with Gasteiger partial charge in [0, 0.05) is 0 Å². The molecule has 0 amide bonds. The van der Waals surface area contributed by atoms with E-state index in [-0.39, 0.29) is 0 Å². The van der Waals surface area contributed by atoms with Gasteiger partial charge in [-0.25, -0.2) is 0 Å². The normalized spacial score (nSPS) is 26.6. The van der Waals surface area contributed by atoms with Crippen LogP contribution in [0.2, 0.25) is 4.82 Å². The Hall–Kier alpha value is -0.591. The van der Waals surface area contributed by atoms with Gasteiger partial charge in [-0.1, -0.05) is 0 Å². The van der Waals surface area contributed by atoms with E-state index in [1.807, 2.05) is 6.07 Å². The van der Waals surface area contributed by atoms with Crippen LogP contribution in [0.1, 0.15) is 26.2 Å². The molecule has 1 saturated carbocycles. The molecule has 0 spiro atoms. The first-order valence-corrected chi connectivity index (χ1v) is 7.36. The number of hydrogen-bond acceptors (Lipinski definition) is 1. The number of carbonyl (C=O) groups is 1. The van der Waals surface area contributed by atoms with Crippen LogP contribution in [0.3, 0.4) is 0 Å².